The normalized spacial score (nSPS) is 15.0. The van der Waals surface area contributed by atoms with Crippen molar-refractivity contribution in [3.05, 3.63) is 57.2 Å². The van der Waals surface area contributed by atoms with E-state index >= 15 is 0 Å². The zero-order valence-corrected chi connectivity index (χ0v) is 18.0. The summed E-state index contributed by atoms with van der Waals surface area (Å²) in [5.74, 6) is 1.28. The maximum Gasteiger partial charge on any atom is 0.255 e. The average Bonchev–Trinajstić information content (AvgIpc) is 3.40. The van der Waals surface area contributed by atoms with Gasteiger partial charge in [-0.3, -0.25) is 9.69 Å². The smallest absolute Gasteiger partial charge is 0.255 e. The van der Waals surface area contributed by atoms with Crippen molar-refractivity contribution in [3.63, 3.8) is 0 Å². The van der Waals surface area contributed by atoms with Gasteiger partial charge in [-0.15, -0.1) is 11.3 Å². The number of hydrogen-bond donors (Lipinski definition) is 0. The van der Waals surface area contributed by atoms with Crippen LogP contribution in [0.4, 0.5) is 0 Å². The molecule has 0 N–H and O–H groups in total. The van der Waals surface area contributed by atoms with Crippen molar-refractivity contribution in [1.29, 1.82) is 0 Å². The molecular weight excluding hydrogens is 431 g/mol. The Labute approximate surface area is 183 Å². The van der Waals surface area contributed by atoms with Crippen LogP contribution in [-0.4, -0.2) is 58.6 Å². The first-order valence-electron chi connectivity index (χ1n) is 9.43. The molecule has 0 spiro atoms. The molecule has 0 atom stereocenters. The Balaban J connectivity index is 1.22. The van der Waals surface area contributed by atoms with Gasteiger partial charge in [-0.1, -0.05) is 34.4 Å². The summed E-state index contributed by atoms with van der Waals surface area (Å²) in [5.41, 5.74) is 0.502. The fourth-order valence-corrected chi connectivity index (χ4v) is 4.46. The summed E-state index contributed by atoms with van der Waals surface area (Å²) >= 11 is 13.7. The van der Waals surface area contributed by atoms with Crippen LogP contribution < -0.4 is 0 Å². The molecule has 0 bridgehead atoms. The molecule has 3 heterocycles. The number of carbonyl (C=O) groups excluding carboxylic acids is 1. The minimum Gasteiger partial charge on any atom is -0.339 e. The number of piperazine rings is 1. The highest BCUT2D eigenvalue weighted by Gasteiger charge is 2.23. The summed E-state index contributed by atoms with van der Waals surface area (Å²) in [6.45, 7) is 3.96. The van der Waals surface area contributed by atoms with E-state index in [1.54, 1.807) is 29.5 Å². The fourth-order valence-electron chi connectivity index (χ4n) is 3.32. The van der Waals surface area contributed by atoms with Gasteiger partial charge in [0.1, 0.15) is 0 Å². The van der Waals surface area contributed by atoms with Gasteiger partial charge in [0, 0.05) is 37.6 Å². The molecule has 4 rings (SSSR count). The highest BCUT2D eigenvalue weighted by Crippen LogP contribution is 2.23. The predicted octanol–water partition coefficient (Wildman–Crippen LogP) is 4.50. The summed E-state index contributed by atoms with van der Waals surface area (Å²) in [4.78, 5) is 22.4. The Morgan fingerprint density at radius 1 is 1.17 bits per heavy atom. The highest BCUT2D eigenvalue weighted by molar-refractivity contribution is 7.13. The van der Waals surface area contributed by atoms with Crippen LogP contribution >= 0.6 is 34.5 Å². The zero-order valence-electron chi connectivity index (χ0n) is 15.7. The third kappa shape index (κ3) is 4.98. The van der Waals surface area contributed by atoms with Gasteiger partial charge < -0.3 is 9.42 Å². The van der Waals surface area contributed by atoms with Gasteiger partial charge in [-0.05, 0) is 42.6 Å². The molecule has 29 heavy (non-hydrogen) atoms. The first kappa shape index (κ1) is 20.3. The predicted molar refractivity (Wildman–Crippen MR) is 115 cm³/mol. The number of hydrogen-bond acceptors (Lipinski definition) is 6. The van der Waals surface area contributed by atoms with Gasteiger partial charge >= 0.3 is 0 Å². The van der Waals surface area contributed by atoms with Crippen molar-refractivity contribution < 1.29 is 9.32 Å². The van der Waals surface area contributed by atoms with E-state index in [1.165, 1.54) is 0 Å². The number of aromatic nitrogens is 2. The molecule has 1 aromatic carbocycles. The maximum atomic E-state index is 12.7. The van der Waals surface area contributed by atoms with E-state index in [4.69, 9.17) is 27.7 Å². The van der Waals surface area contributed by atoms with E-state index in [0.29, 0.717) is 40.4 Å². The topological polar surface area (TPSA) is 62.5 Å². The van der Waals surface area contributed by atoms with Crippen molar-refractivity contribution >= 4 is 40.4 Å². The van der Waals surface area contributed by atoms with Crippen LogP contribution in [0.15, 0.2) is 40.2 Å². The largest absolute Gasteiger partial charge is 0.339 e. The molecule has 9 heteroatoms. The number of benzene rings is 1. The second-order valence-corrected chi connectivity index (χ2v) is 8.64. The minimum atomic E-state index is -0.0433. The number of nitrogens with zero attached hydrogens (tertiary/aromatic N) is 4. The number of amides is 1. The van der Waals surface area contributed by atoms with Gasteiger partial charge in [0.25, 0.3) is 5.91 Å². The second kappa shape index (κ2) is 9.26. The van der Waals surface area contributed by atoms with Gasteiger partial charge in [0.2, 0.25) is 11.7 Å². The van der Waals surface area contributed by atoms with E-state index in [0.717, 1.165) is 37.4 Å². The van der Waals surface area contributed by atoms with E-state index in [9.17, 15) is 4.79 Å². The van der Waals surface area contributed by atoms with Gasteiger partial charge in [-0.2, -0.15) is 4.98 Å². The summed E-state index contributed by atoms with van der Waals surface area (Å²) in [6.07, 6.45) is 1.68. The van der Waals surface area contributed by atoms with E-state index in [2.05, 4.69) is 15.0 Å². The summed E-state index contributed by atoms with van der Waals surface area (Å²) in [6, 6.07) is 8.94. The second-order valence-electron chi connectivity index (χ2n) is 6.85. The molecule has 1 saturated heterocycles. The van der Waals surface area contributed by atoms with Crippen molar-refractivity contribution in [1.82, 2.24) is 19.9 Å². The number of rotatable bonds is 6. The molecule has 1 aliphatic rings. The van der Waals surface area contributed by atoms with Crippen LogP contribution in [0.5, 0.6) is 0 Å². The molecule has 0 aliphatic carbocycles. The maximum absolute atomic E-state index is 12.7. The van der Waals surface area contributed by atoms with E-state index < -0.39 is 0 Å². The van der Waals surface area contributed by atoms with Crippen molar-refractivity contribution in [2.24, 2.45) is 0 Å². The zero-order chi connectivity index (χ0) is 20.2. The standard InChI is InChI=1S/C20H20Cl2N4O2S/c21-14-5-6-15(16(22)13-14)20(27)26-10-8-25(9-11-26)7-1-4-18-23-19(24-28-18)17-3-2-12-29-17/h2-3,5-6,12-13H,1,4,7-11H2. The lowest BCUT2D eigenvalue weighted by molar-refractivity contribution is 0.0636. The lowest BCUT2D eigenvalue weighted by Crippen LogP contribution is -2.48. The molecular formula is C20H20Cl2N4O2S. The SMILES string of the molecule is O=C(c1ccc(Cl)cc1Cl)N1CCN(CCCc2nc(-c3cccs3)no2)CC1. The first-order chi connectivity index (χ1) is 14.1. The van der Waals surface area contributed by atoms with Gasteiger partial charge in [0.15, 0.2) is 0 Å². The quantitative estimate of drug-likeness (QED) is 0.553. The van der Waals surface area contributed by atoms with Crippen LogP contribution in [0.3, 0.4) is 0 Å². The molecule has 152 valence electrons. The lowest BCUT2D eigenvalue weighted by atomic mass is 10.1. The Bertz CT molecular complexity index is 969. The third-order valence-corrected chi connectivity index (χ3v) is 6.31. The molecule has 0 radical (unpaired) electrons. The average molecular weight is 451 g/mol. The van der Waals surface area contributed by atoms with Crippen LogP contribution in [0.2, 0.25) is 10.0 Å². The first-order valence-corrected chi connectivity index (χ1v) is 11.1. The molecule has 1 fully saturated rings. The Hall–Kier alpha value is -1.93. The summed E-state index contributed by atoms with van der Waals surface area (Å²) < 4.78 is 5.35. The molecule has 0 saturated carbocycles. The third-order valence-electron chi connectivity index (χ3n) is 4.90. The molecule has 3 aromatic rings. The Morgan fingerprint density at radius 2 is 2.00 bits per heavy atom. The van der Waals surface area contributed by atoms with Crippen LogP contribution in [0.1, 0.15) is 22.7 Å². The molecule has 1 amide bonds. The van der Waals surface area contributed by atoms with Gasteiger partial charge in [-0.25, -0.2) is 0 Å². The monoisotopic (exact) mass is 450 g/mol. The molecule has 0 unspecified atom stereocenters. The van der Waals surface area contributed by atoms with Crippen LogP contribution in [0.25, 0.3) is 10.7 Å². The van der Waals surface area contributed by atoms with Crippen LogP contribution in [-0.2, 0) is 6.42 Å². The molecule has 2 aromatic heterocycles. The number of carbonyl (C=O) groups is 1. The van der Waals surface area contributed by atoms with Crippen LogP contribution in [0, 0.1) is 0 Å². The Morgan fingerprint density at radius 3 is 2.72 bits per heavy atom. The van der Waals surface area contributed by atoms with Crippen molar-refractivity contribution in [2.75, 3.05) is 32.7 Å². The Kier molecular flexibility index (Phi) is 6.50. The van der Waals surface area contributed by atoms with E-state index in [-0.39, 0.29) is 5.91 Å². The fraction of sp³-hybridized carbons (Fsp3) is 0.350. The number of thiophene rings is 1. The van der Waals surface area contributed by atoms with Crippen molar-refractivity contribution in [3.8, 4) is 10.7 Å². The summed E-state index contributed by atoms with van der Waals surface area (Å²) in [7, 11) is 0. The molecule has 6 nitrogen and oxygen atoms in total. The summed E-state index contributed by atoms with van der Waals surface area (Å²) in [5, 5.41) is 6.96. The highest BCUT2D eigenvalue weighted by atomic mass is 35.5. The van der Waals surface area contributed by atoms with E-state index in [1.807, 2.05) is 22.4 Å². The molecule has 1 aliphatic heterocycles. The minimum absolute atomic E-state index is 0.0433. The van der Waals surface area contributed by atoms with Crippen molar-refractivity contribution in [2.45, 2.75) is 12.8 Å². The lowest BCUT2D eigenvalue weighted by Gasteiger charge is -2.34. The number of aryl methyl sites for hydroxylation is 1. The number of halogens is 2. The van der Waals surface area contributed by atoms with Gasteiger partial charge in [0.05, 0.1) is 15.5 Å².